The number of hydrogen-bond donors (Lipinski definition) is 1. The Balaban J connectivity index is 2.05. The van der Waals surface area contributed by atoms with Crippen LogP contribution in [0, 0.1) is 0 Å². The summed E-state index contributed by atoms with van der Waals surface area (Å²) in [5.74, 6) is 0.0515. The van der Waals surface area contributed by atoms with Gasteiger partial charge in [-0.05, 0) is 43.6 Å². The van der Waals surface area contributed by atoms with E-state index in [2.05, 4.69) is 10.3 Å². The third kappa shape index (κ3) is 3.28. The zero-order valence-corrected chi connectivity index (χ0v) is 11.4. The Morgan fingerprint density at radius 3 is 2.56 bits per heavy atom. The van der Waals surface area contributed by atoms with Crippen LogP contribution in [0.15, 0.2) is 24.5 Å². The molecule has 100 valence electrons. The summed E-state index contributed by atoms with van der Waals surface area (Å²) in [5, 5.41) is 3.24. The van der Waals surface area contributed by atoms with Gasteiger partial charge in [-0.1, -0.05) is 0 Å². The fourth-order valence-corrected chi connectivity index (χ4v) is 3.67. The number of sulfonamides is 1. The molecule has 0 saturated carbocycles. The molecule has 1 aromatic rings. The minimum Gasteiger partial charge on any atom is -0.317 e. The number of nitrogens with zero attached hydrogens (tertiary/aromatic N) is 2. The molecule has 2 rings (SSSR count). The number of hydrogen-bond acceptors (Lipinski definition) is 4. The lowest BCUT2D eigenvalue weighted by Gasteiger charge is -2.30. The van der Waals surface area contributed by atoms with Gasteiger partial charge in [-0.15, -0.1) is 0 Å². The Labute approximate surface area is 108 Å². The van der Waals surface area contributed by atoms with Gasteiger partial charge in [0.25, 0.3) is 0 Å². The van der Waals surface area contributed by atoms with Crippen molar-refractivity contribution in [2.45, 2.75) is 24.6 Å². The van der Waals surface area contributed by atoms with Gasteiger partial charge in [0.05, 0.1) is 5.75 Å². The monoisotopic (exact) mass is 269 g/mol. The standard InChI is InChI=1S/C12H19N3O2S/c1-15(12-4-8-14-9-5-12)18(16,17)10-11-2-6-13-7-3-11/h2-3,6-7,12,14H,4-5,8-10H2,1H3. The van der Waals surface area contributed by atoms with Gasteiger partial charge in [0.15, 0.2) is 0 Å². The van der Waals surface area contributed by atoms with Gasteiger partial charge in [0.2, 0.25) is 10.0 Å². The highest BCUT2D eigenvalue weighted by molar-refractivity contribution is 7.88. The largest absolute Gasteiger partial charge is 0.317 e. The quantitative estimate of drug-likeness (QED) is 0.869. The average molecular weight is 269 g/mol. The molecule has 0 atom stereocenters. The lowest BCUT2D eigenvalue weighted by Crippen LogP contribution is -2.44. The van der Waals surface area contributed by atoms with Crippen LogP contribution in [0.1, 0.15) is 18.4 Å². The summed E-state index contributed by atoms with van der Waals surface area (Å²) >= 11 is 0. The predicted octanol–water partition coefficient (Wildman–Crippen LogP) is 0.595. The van der Waals surface area contributed by atoms with Gasteiger partial charge >= 0.3 is 0 Å². The first kappa shape index (κ1) is 13.5. The van der Waals surface area contributed by atoms with Crippen LogP contribution in [0.5, 0.6) is 0 Å². The Morgan fingerprint density at radius 2 is 1.94 bits per heavy atom. The molecule has 1 saturated heterocycles. The molecule has 6 heteroatoms. The minimum atomic E-state index is -3.24. The highest BCUT2D eigenvalue weighted by Crippen LogP contribution is 2.17. The van der Waals surface area contributed by atoms with Crippen molar-refractivity contribution in [3.8, 4) is 0 Å². The first-order chi connectivity index (χ1) is 8.59. The average Bonchev–Trinajstić information content (AvgIpc) is 2.39. The number of pyridine rings is 1. The summed E-state index contributed by atoms with van der Waals surface area (Å²) in [6.45, 7) is 1.78. The summed E-state index contributed by atoms with van der Waals surface area (Å²) in [4.78, 5) is 3.89. The topological polar surface area (TPSA) is 62.3 Å². The normalized spacial score (nSPS) is 18.1. The molecule has 0 bridgehead atoms. The minimum absolute atomic E-state index is 0.0515. The Kier molecular flexibility index (Phi) is 4.31. The van der Waals surface area contributed by atoms with Crippen LogP contribution in [0.3, 0.4) is 0 Å². The van der Waals surface area contributed by atoms with Gasteiger partial charge in [0, 0.05) is 25.5 Å². The van der Waals surface area contributed by atoms with Gasteiger partial charge in [-0.3, -0.25) is 4.98 Å². The lowest BCUT2D eigenvalue weighted by atomic mass is 10.1. The van der Waals surface area contributed by atoms with Gasteiger partial charge in [0.1, 0.15) is 0 Å². The fourth-order valence-electron chi connectivity index (χ4n) is 2.19. The van der Waals surface area contributed by atoms with Crippen LogP contribution in [-0.4, -0.2) is 43.9 Å². The molecule has 0 aliphatic carbocycles. The maximum Gasteiger partial charge on any atom is 0.218 e. The molecule has 0 aromatic carbocycles. The third-order valence-electron chi connectivity index (χ3n) is 3.36. The van der Waals surface area contributed by atoms with Crippen LogP contribution in [0.2, 0.25) is 0 Å². The Bertz CT molecular complexity index is 469. The second-order valence-electron chi connectivity index (χ2n) is 4.61. The molecule has 1 aliphatic heterocycles. The van der Waals surface area contributed by atoms with Crippen LogP contribution in [0.25, 0.3) is 0 Å². The lowest BCUT2D eigenvalue weighted by molar-refractivity contribution is 0.296. The maximum atomic E-state index is 12.3. The first-order valence-electron chi connectivity index (χ1n) is 6.15. The van der Waals surface area contributed by atoms with Gasteiger partial charge < -0.3 is 5.32 Å². The molecule has 0 radical (unpaired) electrons. The van der Waals surface area contributed by atoms with E-state index >= 15 is 0 Å². The molecule has 1 aliphatic rings. The molecule has 0 unspecified atom stereocenters. The van der Waals surface area contributed by atoms with E-state index in [0.717, 1.165) is 31.5 Å². The zero-order valence-electron chi connectivity index (χ0n) is 10.5. The molecular weight excluding hydrogens is 250 g/mol. The van der Waals surface area contributed by atoms with E-state index < -0.39 is 10.0 Å². The van der Waals surface area contributed by atoms with Crippen LogP contribution in [0.4, 0.5) is 0 Å². The van der Waals surface area contributed by atoms with Crippen molar-refractivity contribution < 1.29 is 8.42 Å². The number of aromatic nitrogens is 1. The fraction of sp³-hybridized carbons (Fsp3) is 0.583. The first-order valence-corrected chi connectivity index (χ1v) is 7.76. The molecular formula is C12H19N3O2S. The van der Waals surface area contributed by atoms with Gasteiger partial charge in [-0.2, -0.15) is 0 Å². The number of rotatable bonds is 4. The molecule has 1 fully saturated rings. The van der Waals surface area contributed by atoms with E-state index in [4.69, 9.17) is 0 Å². The second-order valence-corrected chi connectivity index (χ2v) is 6.64. The van der Waals surface area contributed by atoms with Crippen molar-refractivity contribution in [1.29, 1.82) is 0 Å². The van der Waals surface area contributed by atoms with E-state index in [1.54, 1.807) is 31.6 Å². The molecule has 1 N–H and O–H groups in total. The summed E-state index contributed by atoms with van der Waals surface area (Å²) in [6, 6.07) is 3.61. The van der Waals surface area contributed by atoms with Crippen molar-refractivity contribution in [2.24, 2.45) is 0 Å². The molecule has 5 nitrogen and oxygen atoms in total. The SMILES string of the molecule is CN(C1CCNCC1)S(=O)(=O)Cc1ccncc1. The van der Waals surface area contributed by atoms with E-state index in [1.807, 2.05) is 0 Å². The summed E-state index contributed by atoms with van der Waals surface area (Å²) in [6.07, 6.45) is 5.00. The molecule has 0 amide bonds. The molecule has 0 spiro atoms. The Hall–Kier alpha value is -0.980. The van der Waals surface area contributed by atoms with Crippen molar-refractivity contribution in [1.82, 2.24) is 14.6 Å². The highest BCUT2D eigenvalue weighted by Gasteiger charge is 2.27. The van der Waals surface area contributed by atoms with E-state index in [9.17, 15) is 8.42 Å². The van der Waals surface area contributed by atoms with Crippen molar-refractivity contribution in [3.63, 3.8) is 0 Å². The summed E-state index contributed by atoms with van der Waals surface area (Å²) in [7, 11) is -1.55. The van der Waals surface area contributed by atoms with E-state index in [1.165, 1.54) is 4.31 Å². The Morgan fingerprint density at radius 1 is 1.33 bits per heavy atom. The third-order valence-corrected chi connectivity index (χ3v) is 5.23. The number of piperidine rings is 1. The van der Waals surface area contributed by atoms with Crippen LogP contribution in [-0.2, 0) is 15.8 Å². The van der Waals surface area contributed by atoms with Gasteiger partial charge in [-0.25, -0.2) is 12.7 Å². The van der Waals surface area contributed by atoms with Crippen molar-refractivity contribution in [2.75, 3.05) is 20.1 Å². The summed E-state index contributed by atoms with van der Waals surface area (Å²) < 4.78 is 26.1. The van der Waals surface area contributed by atoms with Crippen molar-refractivity contribution in [3.05, 3.63) is 30.1 Å². The second kappa shape index (κ2) is 5.77. The summed E-state index contributed by atoms with van der Waals surface area (Å²) in [5.41, 5.74) is 0.783. The molecule has 1 aromatic heterocycles. The smallest absolute Gasteiger partial charge is 0.218 e. The van der Waals surface area contributed by atoms with Crippen LogP contribution < -0.4 is 5.32 Å². The maximum absolute atomic E-state index is 12.3. The van der Waals surface area contributed by atoms with E-state index in [-0.39, 0.29) is 11.8 Å². The van der Waals surface area contributed by atoms with E-state index in [0.29, 0.717) is 0 Å². The zero-order chi connectivity index (χ0) is 13.0. The van der Waals surface area contributed by atoms with Crippen molar-refractivity contribution >= 4 is 10.0 Å². The predicted molar refractivity (Wildman–Crippen MR) is 70.5 cm³/mol. The number of nitrogens with one attached hydrogen (secondary N) is 1. The molecule has 18 heavy (non-hydrogen) atoms. The highest BCUT2D eigenvalue weighted by atomic mass is 32.2. The molecule has 2 heterocycles. The van der Waals surface area contributed by atoms with Crippen LogP contribution >= 0.6 is 0 Å².